The molecule has 118 valence electrons. The number of aliphatic hydroxyl groups excluding tert-OH is 1. The molecular weight excluding hydrogens is 260 g/mol. The first kappa shape index (κ1) is 14.2. The van der Waals surface area contributed by atoms with Crippen molar-refractivity contribution in [2.75, 3.05) is 0 Å². The third-order valence-electron chi connectivity index (χ3n) is 8.35. The molecule has 0 heterocycles. The first-order valence-corrected chi connectivity index (χ1v) is 9.16. The fraction of sp³-hybridized carbons (Fsp3) is 0.947. The molecule has 0 bridgehead atoms. The molecule has 0 spiro atoms. The second kappa shape index (κ2) is 4.57. The highest BCUT2D eigenvalue weighted by Crippen LogP contribution is 2.65. The number of aliphatic hydroxyl groups is 1. The molecule has 2 nitrogen and oxygen atoms in total. The third kappa shape index (κ3) is 1.84. The summed E-state index contributed by atoms with van der Waals surface area (Å²) in [5.74, 6) is 3.54. The van der Waals surface area contributed by atoms with Crippen LogP contribution in [0.3, 0.4) is 0 Å². The van der Waals surface area contributed by atoms with Gasteiger partial charge in [0.05, 0.1) is 6.10 Å². The first-order chi connectivity index (χ1) is 9.95. The lowest BCUT2D eigenvalue weighted by atomic mass is 9.45. The van der Waals surface area contributed by atoms with Gasteiger partial charge >= 0.3 is 0 Å². The van der Waals surface area contributed by atoms with Crippen molar-refractivity contribution >= 4 is 5.78 Å². The predicted octanol–water partition coefficient (Wildman–Crippen LogP) is 3.96. The van der Waals surface area contributed by atoms with Gasteiger partial charge in [-0.05, 0) is 80.5 Å². The molecule has 4 aliphatic carbocycles. The van der Waals surface area contributed by atoms with E-state index in [0.717, 1.165) is 49.9 Å². The lowest BCUT2D eigenvalue weighted by Gasteiger charge is -2.60. The Kier molecular flexibility index (Phi) is 3.10. The van der Waals surface area contributed by atoms with Crippen LogP contribution in [0, 0.1) is 34.5 Å². The van der Waals surface area contributed by atoms with Crippen molar-refractivity contribution < 1.29 is 9.90 Å². The van der Waals surface area contributed by atoms with Gasteiger partial charge in [-0.3, -0.25) is 4.79 Å². The van der Waals surface area contributed by atoms with Gasteiger partial charge in [-0.1, -0.05) is 13.8 Å². The standard InChI is InChI=1S/C19H30O2/c1-18-9-7-13(20)11-12(18)3-4-14-15-5-6-17(21)19(15,2)10-8-16(14)18/h12-16,20H,3-11H2,1-2H3/t12-,13+,14-,15+,16-,18+,19-/m0/s1. The minimum absolute atomic E-state index is 0.0124. The van der Waals surface area contributed by atoms with Crippen molar-refractivity contribution in [2.45, 2.75) is 77.7 Å². The summed E-state index contributed by atoms with van der Waals surface area (Å²) in [6.45, 7) is 4.78. The van der Waals surface area contributed by atoms with E-state index >= 15 is 0 Å². The Bertz CT molecular complexity index is 458. The van der Waals surface area contributed by atoms with Crippen LogP contribution in [-0.4, -0.2) is 17.0 Å². The summed E-state index contributed by atoms with van der Waals surface area (Å²) < 4.78 is 0. The van der Waals surface area contributed by atoms with E-state index < -0.39 is 0 Å². The fourth-order valence-corrected chi connectivity index (χ4v) is 7.01. The van der Waals surface area contributed by atoms with Gasteiger partial charge in [0.1, 0.15) is 5.78 Å². The number of Topliss-reactive ketones (excluding diaryl/α,β-unsaturated/α-hetero) is 1. The van der Waals surface area contributed by atoms with Crippen LogP contribution >= 0.6 is 0 Å². The number of carbonyl (C=O) groups excluding carboxylic acids is 1. The summed E-state index contributed by atoms with van der Waals surface area (Å²) in [5.41, 5.74) is 0.452. The summed E-state index contributed by atoms with van der Waals surface area (Å²) in [5, 5.41) is 10.0. The van der Waals surface area contributed by atoms with E-state index in [-0.39, 0.29) is 11.5 Å². The van der Waals surface area contributed by atoms with Gasteiger partial charge in [-0.2, -0.15) is 0 Å². The van der Waals surface area contributed by atoms with Crippen molar-refractivity contribution in [3.63, 3.8) is 0 Å². The molecule has 21 heavy (non-hydrogen) atoms. The molecule has 1 N–H and O–H groups in total. The van der Waals surface area contributed by atoms with Crippen molar-refractivity contribution in [1.29, 1.82) is 0 Å². The Balaban J connectivity index is 1.64. The zero-order valence-corrected chi connectivity index (χ0v) is 13.6. The van der Waals surface area contributed by atoms with Crippen LogP contribution in [0.5, 0.6) is 0 Å². The number of hydrogen-bond donors (Lipinski definition) is 1. The molecule has 0 aromatic rings. The van der Waals surface area contributed by atoms with Crippen molar-refractivity contribution in [1.82, 2.24) is 0 Å². The fourth-order valence-electron chi connectivity index (χ4n) is 7.01. The van der Waals surface area contributed by atoms with Crippen LogP contribution in [0.2, 0.25) is 0 Å². The maximum Gasteiger partial charge on any atom is 0.139 e. The monoisotopic (exact) mass is 290 g/mol. The molecule has 4 saturated carbocycles. The van der Waals surface area contributed by atoms with Crippen molar-refractivity contribution in [3.8, 4) is 0 Å². The van der Waals surface area contributed by atoms with E-state index in [1.54, 1.807) is 0 Å². The number of ketones is 1. The Morgan fingerprint density at radius 2 is 1.81 bits per heavy atom. The van der Waals surface area contributed by atoms with Gasteiger partial charge in [0.15, 0.2) is 0 Å². The molecule has 2 heteroatoms. The Labute approximate surface area is 128 Å². The summed E-state index contributed by atoms with van der Waals surface area (Å²) in [6, 6.07) is 0. The summed E-state index contributed by atoms with van der Waals surface area (Å²) in [6.07, 6.45) is 10.1. The third-order valence-corrected chi connectivity index (χ3v) is 8.35. The summed E-state index contributed by atoms with van der Waals surface area (Å²) in [7, 11) is 0. The molecule has 0 aromatic carbocycles. The van der Waals surface area contributed by atoms with Gasteiger partial charge in [0, 0.05) is 11.8 Å². The SMILES string of the molecule is C[C@@]12CC[C@@H](O)C[C@@H]1CC[C@H]1[C@H]3CCC(=O)[C@@]3(C)CC[C@@H]12. The minimum Gasteiger partial charge on any atom is -0.393 e. The van der Waals surface area contributed by atoms with Crippen molar-refractivity contribution in [2.24, 2.45) is 34.5 Å². The zero-order chi connectivity index (χ0) is 14.8. The van der Waals surface area contributed by atoms with E-state index in [1.807, 2.05) is 0 Å². The van der Waals surface area contributed by atoms with Crippen LogP contribution in [0.15, 0.2) is 0 Å². The molecule has 0 aromatic heterocycles. The number of rotatable bonds is 0. The number of carbonyl (C=O) groups is 1. The van der Waals surface area contributed by atoms with E-state index in [1.165, 1.54) is 25.7 Å². The Morgan fingerprint density at radius 1 is 1.00 bits per heavy atom. The van der Waals surface area contributed by atoms with Crippen molar-refractivity contribution in [3.05, 3.63) is 0 Å². The highest BCUT2D eigenvalue weighted by molar-refractivity contribution is 5.87. The van der Waals surface area contributed by atoms with Gasteiger partial charge in [0.25, 0.3) is 0 Å². The predicted molar refractivity (Wildman–Crippen MR) is 82.7 cm³/mol. The molecular formula is C19H30O2. The molecule has 7 atom stereocenters. The lowest BCUT2D eigenvalue weighted by molar-refractivity contribution is -0.142. The van der Waals surface area contributed by atoms with Crippen LogP contribution in [0.1, 0.15) is 71.6 Å². The second-order valence-electron chi connectivity index (χ2n) is 9.00. The summed E-state index contributed by atoms with van der Waals surface area (Å²) in [4.78, 5) is 12.4. The van der Waals surface area contributed by atoms with E-state index in [0.29, 0.717) is 17.1 Å². The zero-order valence-electron chi connectivity index (χ0n) is 13.6. The van der Waals surface area contributed by atoms with E-state index in [4.69, 9.17) is 0 Å². The van der Waals surface area contributed by atoms with Crippen LogP contribution in [0.25, 0.3) is 0 Å². The van der Waals surface area contributed by atoms with Gasteiger partial charge < -0.3 is 5.11 Å². The van der Waals surface area contributed by atoms with Crippen LogP contribution in [-0.2, 0) is 4.79 Å². The number of hydrogen-bond acceptors (Lipinski definition) is 2. The maximum atomic E-state index is 12.4. The normalized spacial score (nSPS) is 56.5. The van der Waals surface area contributed by atoms with Gasteiger partial charge in [0.2, 0.25) is 0 Å². The molecule has 4 rings (SSSR count). The lowest BCUT2D eigenvalue weighted by Crippen LogP contribution is -2.54. The Hall–Kier alpha value is -0.370. The van der Waals surface area contributed by atoms with E-state index in [2.05, 4.69) is 13.8 Å². The minimum atomic E-state index is -0.0541. The largest absolute Gasteiger partial charge is 0.393 e. The van der Waals surface area contributed by atoms with Gasteiger partial charge in [-0.25, -0.2) is 0 Å². The molecule has 0 radical (unpaired) electrons. The topological polar surface area (TPSA) is 37.3 Å². The van der Waals surface area contributed by atoms with E-state index in [9.17, 15) is 9.90 Å². The second-order valence-corrected chi connectivity index (χ2v) is 9.00. The maximum absolute atomic E-state index is 12.4. The average molecular weight is 290 g/mol. The molecule has 0 unspecified atom stereocenters. The molecule has 0 amide bonds. The molecule has 0 aliphatic heterocycles. The smallest absolute Gasteiger partial charge is 0.139 e. The summed E-state index contributed by atoms with van der Waals surface area (Å²) >= 11 is 0. The Morgan fingerprint density at radius 3 is 2.62 bits per heavy atom. The molecule has 0 saturated heterocycles. The van der Waals surface area contributed by atoms with Gasteiger partial charge in [-0.15, -0.1) is 0 Å². The first-order valence-electron chi connectivity index (χ1n) is 9.16. The highest BCUT2D eigenvalue weighted by Gasteiger charge is 2.60. The van der Waals surface area contributed by atoms with Crippen LogP contribution < -0.4 is 0 Å². The highest BCUT2D eigenvalue weighted by atomic mass is 16.3. The quantitative estimate of drug-likeness (QED) is 0.733. The van der Waals surface area contributed by atoms with Crippen LogP contribution in [0.4, 0.5) is 0 Å². The average Bonchev–Trinajstić information content (AvgIpc) is 2.76. The molecule has 4 aliphatic rings. The molecule has 4 fully saturated rings. The number of fused-ring (bicyclic) bond motifs is 5.